The zero-order valence-electron chi connectivity index (χ0n) is 4.93. The summed E-state index contributed by atoms with van der Waals surface area (Å²) in [6, 6.07) is 0. The Morgan fingerprint density at radius 3 is 2.00 bits per heavy atom. The van der Waals surface area contributed by atoms with Crippen LogP contribution in [0.15, 0.2) is 17.4 Å². The number of hydrogen-bond donors (Lipinski definition) is 0. The Balaban J connectivity index is 0. The van der Waals surface area contributed by atoms with Crippen LogP contribution >= 0.6 is 0 Å². The van der Waals surface area contributed by atoms with Gasteiger partial charge in [-0.25, -0.2) is 4.99 Å². The first-order valence-corrected chi connectivity index (χ1v) is 2.26. The van der Waals surface area contributed by atoms with E-state index in [1.165, 1.54) is 0 Å². The topological polar surface area (TPSA) is 12.4 Å². The first-order valence-electron chi connectivity index (χ1n) is 2.26. The van der Waals surface area contributed by atoms with Gasteiger partial charge < -0.3 is 0 Å². The second kappa shape index (κ2) is 4.01. The van der Waals surface area contributed by atoms with E-state index in [1.54, 1.807) is 6.20 Å². The Morgan fingerprint density at radius 2 is 1.89 bits per heavy atom. The molecule has 57 valence electrons. The molecular weight excluding hydrogens is 208 g/mol. The maximum absolute atomic E-state index is 3.90. The second-order valence-corrected chi connectivity index (χ2v) is 2.19. The van der Waals surface area contributed by atoms with Gasteiger partial charge in [-0.3, -0.25) is 4.48 Å². The quantitative estimate of drug-likeness (QED) is 0.430. The normalized spacial score (nSPS) is 18.4. The predicted octanol–water partition coefficient (Wildman–Crippen LogP) is 1.21. The van der Waals surface area contributed by atoms with Crippen LogP contribution in [0.25, 0.3) is 0 Å². The van der Waals surface area contributed by atoms with E-state index in [9.17, 15) is 0 Å². The van der Waals surface area contributed by atoms with Crippen LogP contribution in [0, 0.1) is 0 Å². The number of hydrogen-bond acceptors (Lipinski definition) is 1. The van der Waals surface area contributed by atoms with Crippen LogP contribution in [0.3, 0.4) is 0 Å². The van der Waals surface area contributed by atoms with Gasteiger partial charge >= 0.3 is 0 Å². The number of quaternary nitrogens is 1. The van der Waals surface area contributed by atoms with Crippen LogP contribution in [-0.4, -0.2) is 24.9 Å². The van der Waals surface area contributed by atoms with Crippen molar-refractivity contribution < 1.29 is 26.9 Å². The molecule has 0 saturated heterocycles. The molecule has 0 N–H and O–H groups in total. The third-order valence-corrected chi connectivity index (χ3v) is 0.901. The number of nitrogens with zero attached hydrogens (tertiary/aromatic N) is 2. The molecule has 0 aromatic heterocycles. The molecule has 1 rings (SSSR count). The Hall–Kier alpha value is 0.110. The molecule has 0 atom stereocenters. The van der Waals surface area contributed by atoms with Crippen LogP contribution in [0.1, 0.15) is 7.43 Å². The van der Waals surface area contributed by atoms with Gasteiger partial charge in [0.05, 0.1) is 20.3 Å². The SMILES string of the molecule is C.C[N+]1(C)C=CN=C1.[Ag]. The van der Waals surface area contributed by atoms with Gasteiger partial charge in [-0.05, 0) is 0 Å². The van der Waals surface area contributed by atoms with E-state index in [4.69, 9.17) is 0 Å². The average Bonchev–Trinajstić information content (AvgIpc) is 1.84. The molecule has 1 aliphatic rings. The molecule has 9 heavy (non-hydrogen) atoms. The molecule has 0 bridgehead atoms. The summed E-state index contributed by atoms with van der Waals surface area (Å²) < 4.78 is 0.778. The Labute approximate surface area is 72.4 Å². The van der Waals surface area contributed by atoms with Crippen molar-refractivity contribution in [3.8, 4) is 0 Å². The van der Waals surface area contributed by atoms with Crippen LogP contribution in [0.4, 0.5) is 0 Å². The Bertz CT molecular complexity index is 113. The first-order chi connectivity index (χ1) is 3.21. The van der Waals surface area contributed by atoms with Gasteiger partial charge in [0.15, 0.2) is 6.34 Å². The molecule has 0 aromatic rings. The zero-order valence-corrected chi connectivity index (χ0v) is 6.41. The molecular formula is C6H13AgN2+. The van der Waals surface area contributed by atoms with E-state index < -0.39 is 0 Å². The molecule has 0 spiro atoms. The molecule has 0 unspecified atom stereocenters. The third kappa shape index (κ3) is 3.65. The molecule has 1 heterocycles. The van der Waals surface area contributed by atoms with Gasteiger partial charge in [0, 0.05) is 22.4 Å². The van der Waals surface area contributed by atoms with Crippen LogP contribution in [0.2, 0.25) is 0 Å². The van der Waals surface area contributed by atoms with Crippen molar-refractivity contribution in [3.63, 3.8) is 0 Å². The molecule has 0 fully saturated rings. The van der Waals surface area contributed by atoms with Gasteiger partial charge in [-0.15, -0.1) is 0 Å². The fourth-order valence-electron chi connectivity index (χ4n) is 0.459. The van der Waals surface area contributed by atoms with Crippen molar-refractivity contribution in [2.24, 2.45) is 4.99 Å². The Kier molecular flexibility index (Phi) is 5.28. The molecule has 0 amide bonds. The first kappa shape index (κ1) is 11.9. The summed E-state index contributed by atoms with van der Waals surface area (Å²) in [4.78, 5) is 3.90. The number of aliphatic imine (C=N–C) groups is 1. The fraction of sp³-hybridized carbons (Fsp3) is 0.500. The molecule has 2 nitrogen and oxygen atoms in total. The summed E-state index contributed by atoms with van der Waals surface area (Å²) in [7, 11) is 4.12. The maximum atomic E-state index is 3.90. The third-order valence-electron chi connectivity index (χ3n) is 0.901. The van der Waals surface area contributed by atoms with E-state index in [1.807, 2.05) is 12.5 Å². The average molecular weight is 221 g/mol. The predicted molar refractivity (Wildman–Crippen MR) is 36.5 cm³/mol. The van der Waals surface area contributed by atoms with Crippen molar-refractivity contribution in [1.82, 2.24) is 0 Å². The van der Waals surface area contributed by atoms with Crippen molar-refractivity contribution in [3.05, 3.63) is 12.4 Å². The van der Waals surface area contributed by atoms with Gasteiger partial charge in [0.2, 0.25) is 0 Å². The molecule has 0 aliphatic carbocycles. The van der Waals surface area contributed by atoms with Gasteiger partial charge in [0.1, 0.15) is 6.20 Å². The van der Waals surface area contributed by atoms with Crippen molar-refractivity contribution in [2.75, 3.05) is 14.1 Å². The van der Waals surface area contributed by atoms with Gasteiger partial charge in [-0.2, -0.15) is 0 Å². The second-order valence-electron chi connectivity index (χ2n) is 2.19. The van der Waals surface area contributed by atoms with Crippen molar-refractivity contribution >= 4 is 6.34 Å². The molecule has 1 aliphatic heterocycles. The van der Waals surface area contributed by atoms with E-state index in [2.05, 4.69) is 19.1 Å². The van der Waals surface area contributed by atoms with Crippen LogP contribution in [0.5, 0.6) is 0 Å². The zero-order chi connectivity index (χ0) is 5.33. The molecule has 3 heteroatoms. The van der Waals surface area contributed by atoms with Crippen LogP contribution in [-0.2, 0) is 22.4 Å². The molecule has 0 saturated carbocycles. The minimum absolute atomic E-state index is 0. The van der Waals surface area contributed by atoms with E-state index in [0.717, 1.165) is 4.48 Å². The van der Waals surface area contributed by atoms with Gasteiger partial charge in [-0.1, -0.05) is 7.43 Å². The minimum Gasteiger partial charge on any atom is -0.258 e. The van der Waals surface area contributed by atoms with Crippen molar-refractivity contribution in [2.45, 2.75) is 7.43 Å². The van der Waals surface area contributed by atoms with E-state index in [-0.39, 0.29) is 29.8 Å². The number of rotatable bonds is 0. The van der Waals surface area contributed by atoms with E-state index in [0.29, 0.717) is 0 Å². The maximum Gasteiger partial charge on any atom is 0.194 e. The summed E-state index contributed by atoms with van der Waals surface area (Å²) in [5, 5.41) is 0. The summed E-state index contributed by atoms with van der Waals surface area (Å²) in [5.41, 5.74) is 0. The smallest absolute Gasteiger partial charge is 0.194 e. The monoisotopic (exact) mass is 220 g/mol. The molecule has 0 aromatic carbocycles. The van der Waals surface area contributed by atoms with E-state index >= 15 is 0 Å². The standard InChI is InChI=1S/C5H9N2.CH4.Ag/c1-7(2)4-3-6-5-7;;/h3-5H,1-2H3;1H4;/q+1;;. The minimum atomic E-state index is 0. The summed E-state index contributed by atoms with van der Waals surface area (Å²) >= 11 is 0. The summed E-state index contributed by atoms with van der Waals surface area (Å²) in [6.45, 7) is 0. The van der Waals surface area contributed by atoms with Crippen molar-refractivity contribution in [1.29, 1.82) is 0 Å². The Morgan fingerprint density at radius 1 is 1.33 bits per heavy atom. The van der Waals surface area contributed by atoms with Crippen LogP contribution < -0.4 is 0 Å². The fourth-order valence-corrected chi connectivity index (χ4v) is 0.459. The largest absolute Gasteiger partial charge is 0.258 e. The summed E-state index contributed by atoms with van der Waals surface area (Å²) in [5.74, 6) is 0. The van der Waals surface area contributed by atoms with Gasteiger partial charge in [0.25, 0.3) is 0 Å². The summed E-state index contributed by atoms with van der Waals surface area (Å²) in [6.07, 6.45) is 5.69. The molecule has 1 radical (unpaired) electrons.